The highest BCUT2D eigenvalue weighted by molar-refractivity contribution is 7.98. The second kappa shape index (κ2) is 13.6. The van der Waals surface area contributed by atoms with Gasteiger partial charge in [-0.15, -0.1) is 11.8 Å². The van der Waals surface area contributed by atoms with Gasteiger partial charge in [-0.3, -0.25) is 13.9 Å². The molecule has 0 spiro atoms. The monoisotopic (exact) mass is 607 g/mol. The van der Waals surface area contributed by atoms with Gasteiger partial charge in [0.2, 0.25) is 11.8 Å². The maximum atomic E-state index is 14.0. The molecule has 208 valence electrons. The second-order valence-electron chi connectivity index (χ2n) is 8.78. The molecule has 0 bridgehead atoms. The first kappa shape index (κ1) is 30.8. The van der Waals surface area contributed by atoms with Crippen molar-refractivity contribution < 1.29 is 18.0 Å². The topological polar surface area (TPSA) is 86.8 Å². The molecule has 11 heteroatoms. The van der Waals surface area contributed by atoms with Crippen LogP contribution in [0.3, 0.4) is 0 Å². The number of benzene rings is 3. The zero-order chi connectivity index (χ0) is 28.7. The van der Waals surface area contributed by atoms with Crippen LogP contribution >= 0.6 is 35.0 Å². The number of carbonyl (C=O) groups excluding carboxylic acids is 2. The fraction of sp³-hybridized carbons (Fsp3) is 0.286. The highest BCUT2D eigenvalue weighted by Gasteiger charge is 2.34. The molecule has 2 amide bonds. The van der Waals surface area contributed by atoms with Gasteiger partial charge >= 0.3 is 0 Å². The molecule has 0 unspecified atom stereocenters. The van der Waals surface area contributed by atoms with Gasteiger partial charge in [0, 0.05) is 34.1 Å². The molecule has 1 N–H and O–H groups in total. The molecule has 39 heavy (non-hydrogen) atoms. The van der Waals surface area contributed by atoms with Crippen molar-refractivity contribution in [3.8, 4) is 0 Å². The van der Waals surface area contributed by atoms with Crippen LogP contribution in [0.4, 0.5) is 5.69 Å². The van der Waals surface area contributed by atoms with E-state index in [1.165, 1.54) is 35.8 Å². The first-order valence-electron chi connectivity index (χ1n) is 12.2. The summed E-state index contributed by atoms with van der Waals surface area (Å²) >= 11 is 14.3. The molecule has 1 atom stereocenters. The van der Waals surface area contributed by atoms with Crippen LogP contribution in [0, 0.1) is 6.92 Å². The normalized spacial score (nSPS) is 12.1. The molecule has 0 aliphatic rings. The number of nitrogens with one attached hydrogen (secondary N) is 1. The van der Waals surface area contributed by atoms with Crippen LogP contribution in [-0.4, -0.2) is 51.0 Å². The minimum atomic E-state index is -4.14. The first-order valence-corrected chi connectivity index (χ1v) is 15.6. The van der Waals surface area contributed by atoms with Gasteiger partial charge < -0.3 is 10.2 Å². The SMILES string of the molecule is CC[C@@H](C(=O)NC)N(Cc1c(Cl)cccc1Cl)C(=O)CN(c1ccc(C)cc1)S(=O)(=O)c1ccc(SC)cc1. The van der Waals surface area contributed by atoms with Gasteiger partial charge in [-0.2, -0.15) is 0 Å². The number of likely N-dealkylation sites (N-methyl/N-ethyl adjacent to an activating group) is 1. The summed E-state index contributed by atoms with van der Waals surface area (Å²) in [6.07, 6.45) is 2.19. The molecule has 3 aromatic carbocycles. The molecule has 3 aromatic rings. The van der Waals surface area contributed by atoms with Crippen molar-refractivity contribution in [2.24, 2.45) is 0 Å². The fourth-order valence-electron chi connectivity index (χ4n) is 4.05. The van der Waals surface area contributed by atoms with Crippen LogP contribution in [0.15, 0.2) is 76.5 Å². The summed E-state index contributed by atoms with van der Waals surface area (Å²) < 4.78 is 28.9. The Balaban J connectivity index is 2.09. The van der Waals surface area contributed by atoms with E-state index in [9.17, 15) is 18.0 Å². The lowest BCUT2D eigenvalue weighted by atomic mass is 10.1. The number of hydrogen-bond donors (Lipinski definition) is 1. The third-order valence-electron chi connectivity index (χ3n) is 6.27. The zero-order valence-corrected chi connectivity index (χ0v) is 25.3. The van der Waals surface area contributed by atoms with Crippen LogP contribution in [-0.2, 0) is 26.2 Å². The summed E-state index contributed by atoms with van der Waals surface area (Å²) in [6, 6.07) is 17.4. The van der Waals surface area contributed by atoms with E-state index in [4.69, 9.17) is 23.2 Å². The fourth-order valence-corrected chi connectivity index (χ4v) is 6.39. The molecular weight excluding hydrogens is 577 g/mol. The van der Waals surface area contributed by atoms with Crippen LogP contribution in [0.1, 0.15) is 24.5 Å². The predicted molar refractivity (Wildman–Crippen MR) is 159 cm³/mol. The van der Waals surface area contributed by atoms with Gasteiger partial charge in [0.15, 0.2) is 0 Å². The van der Waals surface area contributed by atoms with Gasteiger partial charge in [-0.05, 0) is 68.1 Å². The van der Waals surface area contributed by atoms with E-state index in [2.05, 4.69) is 5.32 Å². The zero-order valence-electron chi connectivity index (χ0n) is 22.1. The van der Waals surface area contributed by atoms with Crippen molar-refractivity contribution >= 4 is 62.5 Å². The van der Waals surface area contributed by atoms with Crippen molar-refractivity contribution in [3.05, 3.63) is 87.9 Å². The Morgan fingerprint density at radius 2 is 1.56 bits per heavy atom. The van der Waals surface area contributed by atoms with E-state index in [-0.39, 0.29) is 17.3 Å². The number of anilines is 1. The maximum absolute atomic E-state index is 14.0. The highest BCUT2D eigenvalue weighted by atomic mass is 35.5. The molecule has 7 nitrogen and oxygen atoms in total. The van der Waals surface area contributed by atoms with E-state index in [0.717, 1.165) is 14.8 Å². The standard InChI is InChI=1S/C28H31Cl2N3O4S2/c1-5-26(28(35)31-3)32(17-23-24(29)7-6-8-25(23)30)27(34)18-33(20-11-9-19(2)10-12-20)39(36,37)22-15-13-21(38-4)14-16-22/h6-16,26H,5,17-18H2,1-4H3,(H,31,35)/t26-/m0/s1. The maximum Gasteiger partial charge on any atom is 0.264 e. The van der Waals surface area contributed by atoms with Crippen molar-refractivity contribution in [1.82, 2.24) is 10.2 Å². The molecule has 0 fully saturated rings. The van der Waals surface area contributed by atoms with Crippen LogP contribution in [0.2, 0.25) is 10.0 Å². The third kappa shape index (κ3) is 7.28. The quantitative estimate of drug-likeness (QED) is 0.279. The number of amides is 2. The summed E-state index contributed by atoms with van der Waals surface area (Å²) in [4.78, 5) is 29.1. The largest absolute Gasteiger partial charge is 0.357 e. The van der Waals surface area contributed by atoms with Crippen molar-refractivity contribution in [2.75, 3.05) is 24.2 Å². The lowest BCUT2D eigenvalue weighted by Gasteiger charge is -2.33. The summed E-state index contributed by atoms with van der Waals surface area (Å²) in [7, 11) is -2.66. The summed E-state index contributed by atoms with van der Waals surface area (Å²) in [6.45, 7) is 3.05. The summed E-state index contributed by atoms with van der Waals surface area (Å²) in [5.41, 5.74) is 1.73. The number of aryl methyl sites for hydroxylation is 1. The number of nitrogens with zero attached hydrogens (tertiary/aromatic N) is 2. The Labute approximate surface area is 244 Å². The number of carbonyl (C=O) groups is 2. The summed E-state index contributed by atoms with van der Waals surface area (Å²) in [5, 5.41) is 3.27. The molecule has 0 aliphatic heterocycles. The van der Waals surface area contributed by atoms with Gasteiger partial charge in [0.05, 0.1) is 10.6 Å². The van der Waals surface area contributed by atoms with E-state index >= 15 is 0 Å². The van der Waals surface area contributed by atoms with Crippen LogP contribution in [0.5, 0.6) is 0 Å². The molecule has 0 heterocycles. The molecule has 0 aromatic heterocycles. The van der Waals surface area contributed by atoms with Gasteiger partial charge in [0.25, 0.3) is 10.0 Å². The average Bonchev–Trinajstić information content (AvgIpc) is 2.93. The average molecular weight is 609 g/mol. The Morgan fingerprint density at radius 1 is 0.974 bits per heavy atom. The Kier molecular flexibility index (Phi) is 10.7. The minimum absolute atomic E-state index is 0.0488. The minimum Gasteiger partial charge on any atom is -0.357 e. The molecular formula is C28H31Cl2N3O4S2. The van der Waals surface area contributed by atoms with Gasteiger partial charge in [0.1, 0.15) is 12.6 Å². The van der Waals surface area contributed by atoms with Crippen LogP contribution < -0.4 is 9.62 Å². The number of halogens is 2. The number of rotatable bonds is 11. The molecule has 0 radical (unpaired) electrons. The molecule has 3 rings (SSSR count). The number of sulfonamides is 1. The number of thioether (sulfide) groups is 1. The lowest BCUT2D eigenvalue weighted by molar-refractivity contribution is -0.140. The highest BCUT2D eigenvalue weighted by Crippen LogP contribution is 2.29. The van der Waals surface area contributed by atoms with Crippen molar-refractivity contribution in [2.45, 2.75) is 42.6 Å². The second-order valence-corrected chi connectivity index (χ2v) is 12.3. The van der Waals surface area contributed by atoms with Gasteiger partial charge in [-0.1, -0.05) is 53.9 Å². The lowest BCUT2D eigenvalue weighted by Crippen LogP contribution is -2.51. The Hall–Kier alpha value is -2.72. The van der Waals surface area contributed by atoms with E-state index in [0.29, 0.717) is 27.7 Å². The Morgan fingerprint density at radius 3 is 2.08 bits per heavy atom. The Bertz CT molecular complexity index is 1400. The molecule has 0 saturated carbocycles. The predicted octanol–water partition coefficient (Wildman–Crippen LogP) is 5.77. The van der Waals surface area contributed by atoms with Gasteiger partial charge in [-0.25, -0.2) is 8.42 Å². The van der Waals surface area contributed by atoms with E-state index < -0.39 is 28.5 Å². The van der Waals surface area contributed by atoms with Crippen LogP contribution in [0.25, 0.3) is 0 Å². The first-order chi connectivity index (χ1) is 18.5. The number of hydrogen-bond acceptors (Lipinski definition) is 5. The summed E-state index contributed by atoms with van der Waals surface area (Å²) in [5.74, 6) is -0.960. The third-order valence-corrected chi connectivity index (χ3v) is 9.51. The molecule has 0 saturated heterocycles. The van der Waals surface area contributed by atoms with Crippen molar-refractivity contribution in [3.63, 3.8) is 0 Å². The molecule has 0 aliphatic carbocycles. The van der Waals surface area contributed by atoms with Crippen molar-refractivity contribution in [1.29, 1.82) is 0 Å². The smallest absolute Gasteiger partial charge is 0.264 e. The van der Waals surface area contributed by atoms with E-state index in [1.54, 1.807) is 61.5 Å². The van der Waals surface area contributed by atoms with E-state index in [1.807, 2.05) is 13.2 Å².